The lowest BCUT2D eigenvalue weighted by atomic mass is 9.88. The molecule has 0 saturated carbocycles. The molecular weight excluding hydrogens is 414 g/mol. The fourth-order valence-electron chi connectivity index (χ4n) is 4.36. The van der Waals surface area contributed by atoms with Crippen molar-refractivity contribution in [2.75, 3.05) is 25.0 Å². The van der Waals surface area contributed by atoms with Crippen molar-refractivity contribution in [1.82, 2.24) is 10.2 Å². The number of hydrogen-bond donors (Lipinski definition) is 2. The summed E-state index contributed by atoms with van der Waals surface area (Å²) in [5.41, 5.74) is 3.43. The van der Waals surface area contributed by atoms with Gasteiger partial charge in [-0.25, -0.2) is 0 Å². The number of amides is 2. The minimum Gasteiger partial charge on any atom is -0.372 e. The molecule has 7 heteroatoms. The number of hydrogen-bond acceptors (Lipinski definition) is 5. The molecular formula is C24H28ClN3O3. The third-order valence-corrected chi connectivity index (χ3v) is 6.96. The smallest absolute Gasteiger partial charge is 0.234 e. The number of piperidine rings is 1. The van der Waals surface area contributed by atoms with Gasteiger partial charge in [0.1, 0.15) is 6.23 Å². The zero-order valence-electron chi connectivity index (χ0n) is 18.1. The van der Waals surface area contributed by atoms with Gasteiger partial charge in [0.15, 0.2) is 0 Å². The topological polar surface area (TPSA) is 72.9 Å². The van der Waals surface area contributed by atoms with Crippen LogP contribution in [-0.2, 0) is 9.59 Å². The van der Waals surface area contributed by atoms with E-state index in [9.17, 15) is 14.7 Å². The first-order valence-corrected chi connectivity index (χ1v) is 10.9. The summed E-state index contributed by atoms with van der Waals surface area (Å²) in [6.45, 7) is 5.63. The molecule has 2 amide bonds. The second-order valence-corrected chi connectivity index (χ2v) is 9.44. The third kappa shape index (κ3) is 4.20. The van der Waals surface area contributed by atoms with Crippen molar-refractivity contribution in [3.63, 3.8) is 0 Å². The quantitative estimate of drug-likeness (QED) is 0.714. The van der Waals surface area contributed by atoms with E-state index in [0.717, 1.165) is 28.9 Å². The number of imide groups is 1. The molecule has 4 rings (SSSR count). The molecule has 2 fully saturated rings. The number of piperazine rings is 1. The van der Waals surface area contributed by atoms with E-state index in [2.05, 4.69) is 24.1 Å². The van der Waals surface area contributed by atoms with Crippen molar-refractivity contribution in [3.8, 4) is 11.1 Å². The van der Waals surface area contributed by atoms with E-state index >= 15 is 0 Å². The highest BCUT2D eigenvalue weighted by atomic mass is 35.5. The maximum absolute atomic E-state index is 12.3. The van der Waals surface area contributed by atoms with Gasteiger partial charge in [-0.3, -0.25) is 19.8 Å². The number of aliphatic hydroxyl groups is 1. The molecule has 2 aliphatic heterocycles. The van der Waals surface area contributed by atoms with E-state index in [-0.39, 0.29) is 17.4 Å². The molecule has 1 unspecified atom stereocenters. The monoisotopic (exact) mass is 441 g/mol. The van der Waals surface area contributed by atoms with E-state index in [1.54, 1.807) is 0 Å². The summed E-state index contributed by atoms with van der Waals surface area (Å²) in [6.07, 6.45) is 0.211. The number of nitrogens with one attached hydrogen (secondary N) is 1. The van der Waals surface area contributed by atoms with Gasteiger partial charge in [0.05, 0.1) is 10.9 Å². The van der Waals surface area contributed by atoms with Crippen molar-refractivity contribution in [2.45, 2.75) is 44.4 Å². The first-order valence-electron chi connectivity index (χ1n) is 10.6. The Bertz CT molecular complexity index is 1010. The third-order valence-electron chi connectivity index (χ3n) is 6.54. The predicted octanol–water partition coefficient (Wildman–Crippen LogP) is 3.38. The Hall–Kier alpha value is -2.41. The van der Waals surface area contributed by atoms with Crippen LogP contribution >= 0.6 is 11.6 Å². The molecule has 0 radical (unpaired) electrons. The van der Waals surface area contributed by atoms with Crippen LogP contribution in [0.5, 0.6) is 0 Å². The minimum absolute atomic E-state index is 0.0442. The van der Waals surface area contributed by atoms with Gasteiger partial charge in [-0.15, -0.1) is 0 Å². The number of nitrogens with zero attached hydrogens (tertiary/aromatic N) is 2. The van der Waals surface area contributed by atoms with Crippen molar-refractivity contribution < 1.29 is 14.7 Å². The van der Waals surface area contributed by atoms with Gasteiger partial charge in [0, 0.05) is 36.3 Å². The summed E-state index contributed by atoms with van der Waals surface area (Å²) >= 11 is 6.72. The van der Waals surface area contributed by atoms with E-state index in [4.69, 9.17) is 11.6 Å². The lowest BCUT2D eigenvalue weighted by Crippen LogP contribution is -2.62. The molecule has 2 aliphatic rings. The number of likely N-dealkylation sites (N-methyl/N-ethyl adjacent to an activating group) is 1. The highest BCUT2D eigenvalue weighted by Gasteiger charge is 2.36. The SMILES string of the molecule is CN1CC(O)N(c2ccc(-c3cccc([C@@H]4CCC(=O)NC4=O)c3Cl)cc2)CC1(C)C. The Morgan fingerprint density at radius 3 is 2.52 bits per heavy atom. The molecule has 164 valence electrons. The van der Waals surface area contributed by atoms with Crippen molar-refractivity contribution >= 4 is 29.1 Å². The number of anilines is 1. The van der Waals surface area contributed by atoms with Crippen LogP contribution in [0, 0.1) is 0 Å². The summed E-state index contributed by atoms with van der Waals surface area (Å²) in [4.78, 5) is 28.0. The zero-order valence-corrected chi connectivity index (χ0v) is 18.8. The van der Waals surface area contributed by atoms with Crippen LogP contribution in [0.3, 0.4) is 0 Å². The Balaban J connectivity index is 1.60. The summed E-state index contributed by atoms with van der Waals surface area (Å²) in [5.74, 6) is -0.956. The molecule has 0 aromatic heterocycles. The molecule has 2 atom stereocenters. The van der Waals surface area contributed by atoms with Gasteiger partial charge in [-0.2, -0.15) is 0 Å². The average Bonchev–Trinajstić information content (AvgIpc) is 2.72. The van der Waals surface area contributed by atoms with Crippen molar-refractivity contribution in [1.29, 1.82) is 0 Å². The van der Waals surface area contributed by atoms with Crippen LogP contribution in [0.2, 0.25) is 5.02 Å². The van der Waals surface area contributed by atoms with E-state index in [0.29, 0.717) is 24.4 Å². The maximum atomic E-state index is 12.3. The summed E-state index contributed by atoms with van der Waals surface area (Å²) in [5, 5.41) is 13.5. The number of aliphatic hydroxyl groups excluding tert-OH is 1. The van der Waals surface area contributed by atoms with E-state index < -0.39 is 12.1 Å². The van der Waals surface area contributed by atoms with Gasteiger partial charge in [-0.1, -0.05) is 41.9 Å². The van der Waals surface area contributed by atoms with Gasteiger partial charge >= 0.3 is 0 Å². The Morgan fingerprint density at radius 1 is 1.13 bits per heavy atom. The van der Waals surface area contributed by atoms with Gasteiger partial charge in [-0.05, 0) is 50.6 Å². The molecule has 2 aromatic rings. The number of benzene rings is 2. The summed E-state index contributed by atoms with van der Waals surface area (Å²) in [6, 6.07) is 13.6. The summed E-state index contributed by atoms with van der Waals surface area (Å²) in [7, 11) is 2.03. The van der Waals surface area contributed by atoms with Crippen molar-refractivity contribution in [2.24, 2.45) is 0 Å². The van der Waals surface area contributed by atoms with Gasteiger partial charge < -0.3 is 10.0 Å². The molecule has 31 heavy (non-hydrogen) atoms. The number of carbonyl (C=O) groups excluding carboxylic acids is 2. The van der Waals surface area contributed by atoms with Crippen molar-refractivity contribution in [3.05, 3.63) is 53.1 Å². The Kier molecular flexibility index (Phi) is 5.81. The molecule has 2 heterocycles. The first kappa shape index (κ1) is 21.8. The van der Waals surface area contributed by atoms with Crippen LogP contribution in [0.4, 0.5) is 5.69 Å². The molecule has 2 aromatic carbocycles. The van der Waals surface area contributed by atoms with Crippen LogP contribution in [-0.4, -0.2) is 53.7 Å². The number of β-amino-alcohol motifs (C(OH)–C–C–N with tert-alkyl or cyclic N) is 1. The van der Waals surface area contributed by atoms with E-state index in [1.807, 2.05) is 54.4 Å². The predicted molar refractivity (Wildman–Crippen MR) is 122 cm³/mol. The van der Waals surface area contributed by atoms with Crippen LogP contribution in [0.15, 0.2) is 42.5 Å². The minimum atomic E-state index is -0.566. The number of carbonyl (C=O) groups is 2. The fraction of sp³-hybridized carbons (Fsp3) is 0.417. The van der Waals surface area contributed by atoms with Crippen LogP contribution in [0.1, 0.15) is 38.2 Å². The average molecular weight is 442 g/mol. The lowest BCUT2D eigenvalue weighted by molar-refractivity contribution is -0.134. The highest BCUT2D eigenvalue weighted by molar-refractivity contribution is 6.34. The Morgan fingerprint density at radius 2 is 1.84 bits per heavy atom. The second-order valence-electron chi connectivity index (χ2n) is 9.06. The highest BCUT2D eigenvalue weighted by Crippen LogP contribution is 2.38. The number of rotatable bonds is 3. The molecule has 6 nitrogen and oxygen atoms in total. The molecule has 2 N–H and O–H groups in total. The lowest BCUT2D eigenvalue weighted by Gasteiger charge is -2.48. The summed E-state index contributed by atoms with van der Waals surface area (Å²) < 4.78 is 0. The standard InChI is InChI=1S/C24H28ClN3O3/c1-24(2)14-28(21(30)13-27(24)3)16-9-7-15(8-10-16)17-5-4-6-18(22(17)25)19-11-12-20(29)26-23(19)31/h4-10,19,21,30H,11-14H2,1-3H3,(H,26,29,31)/t19-,21?/m0/s1. The maximum Gasteiger partial charge on any atom is 0.234 e. The van der Waals surface area contributed by atoms with E-state index in [1.165, 1.54) is 0 Å². The molecule has 0 spiro atoms. The van der Waals surface area contributed by atoms with Gasteiger partial charge in [0.2, 0.25) is 11.8 Å². The largest absolute Gasteiger partial charge is 0.372 e. The van der Waals surface area contributed by atoms with Crippen LogP contribution < -0.4 is 10.2 Å². The molecule has 0 bridgehead atoms. The normalized spacial score (nSPS) is 24.2. The first-order chi connectivity index (χ1) is 14.7. The number of halogens is 1. The molecule has 0 aliphatic carbocycles. The fourth-order valence-corrected chi connectivity index (χ4v) is 4.73. The van der Waals surface area contributed by atoms with Crippen LogP contribution in [0.25, 0.3) is 11.1 Å². The molecule has 2 saturated heterocycles. The second kappa shape index (κ2) is 8.26. The Labute approximate surface area is 187 Å². The zero-order chi connectivity index (χ0) is 22.3. The van der Waals surface area contributed by atoms with Gasteiger partial charge in [0.25, 0.3) is 0 Å².